The van der Waals surface area contributed by atoms with Crippen molar-refractivity contribution in [2.75, 3.05) is 0 Å². The molecule has 342 valence electrons. The van der Waals surface area contributed by atoms with Gasteiger partial charge < -0.3 is 35.3 Å². The van der Waals surface area contributed by atoms with E-state index in [0.29, 0.717) is 28.2 Å². The maximum absolute atomic E-state index is 12.7. The molecule has 7 N–H and O–H groups in total. The molecule has 14 nitrogen and oxygen atoms in total. The fourth-order valence-corrected chi connectivity index (χ4v) is 9.48. The van der Waals surface area contributed by atoms with Crippen molar-refractivity contribution in [3.63, 3.8) is 0 Å². The van der Waals surface area contributed by atoms with Gasteiger partial charge in [-0.15, -0.1) is 0 Å². The molecule has 10 rings (SSSR count). The summed E-state index contributed by atoms with van der Waals surface area (Å²) in [5.74, 6) is -4.08. The minimum absolute atomic E-state index is 0.0388. The van der Waals surface area contributed by atoms with Crippen LogP contribution in [0.1, 0.15) is 124 Å². The molecule has 68 heavy (non-hydrogen) atoms. The largest absolute Gasteiger partial charge is 0.481 e. The van der Waals surface area contributed by atoms with Crippen LogP contribution >= 0.6 is 0 Å². The Morgan fingerprint density at radius 2 is 1.24 bits per heavy atom. The smallest absolute Gasteiger partial charge is 0.338 e. The second kappa shape index (κ2) is 18.1. The Morgan fingerprint density at radius 1 is 0.647 bits per heavy atom. The molecule has 0 aromatic carbocycles. The van der Waals surface area contributed by atoms with Crippen LogP contribution in [0.25, 0.3) is 79.6 Å². The number of hydrogen-bond donors (Lipinski definition) is 7. The number of aromatic amines is 4. The average Bonchev–Trinajstić information content (AvgIpc) is 4.18. The Kier molecular flexibility index (Phi) is 11.9. The predicted octanol–water partition coefficient (Wildman–Crippen LogP) is 11.3. The molecule has 0 saturated heterocycles. The number of carboxylic acids is 3. The van der Waals surface area contributed by atoms with Crippen molar-refractivity contribution in [3.05, 3.63) is 153 Å². The molecule has 0 amide bonds. The van der Waals surface area contributed by atoms with E-state index in [2.05, 4.69) is 66.8 Å². The first kappa shape index (κ1) is 44.8. The van der Waals surface area contributed by atoms with E-state index >= 15 is 0 Å². The van der Waals surface area contributed by atoms with Gasteiger partial charge in [0.1, 0.15) is 0 Å². The first-order valence-corrected chi connectivity index (χ1v) is 22.5. The zero-order valence-electron chi connectivity index (χ0n) is 38.3. The van der Waals surface area contributed by atoms with Gasteiger partial charge in [0.25, 0.3) is 0 Å². The van der Waals surface area contributed by atoms with E-state index in [1.165, 1.54) is 0 Å². The molecule has 10 heterocycles. The first-order chi connectivity index (χ1) is 32.7. The van der Waals surface area contributed by atoms with Gasteiger partial charge in [-0.1, -0.05) is 26.5 Å². The SMILES string of the molecule is C1=Cc2cc3ccc(cc4ccc(cc5nc(cc1n2)C=C5)[nH]4)[nH]3.C=CC1=C(C)c2cc3nc(c(CC(=O)O)c4[nH]c(cc5[nH]c(cc1n2)c(C)c5CC)c(C)c4C(=O)O)[C@@H](CCC(=O)O)[C@@H]3C. The number of aryl methyl sites for hydroxylation is 3. The highest BCUT2D eigenvalue weighted by Gasteiger charge is 2.34. The Bertz CT molecular complexity index is 3470. The number of nitrogens with zero attached hydrogens (tertiary/aromatic N) is 4. The lowest BCUT2D eigenvalue weighted by Gasteiger charge is -2.17. The number of H-pyrrole nitrogens is 4. The molecule has 0 aliphatic carbocycles. The lowest BCUT2D eigenvalue weighted by Crippen LogP contribution is -2.11. The molecule has 0 unspecified atom stereocenters. The second-order valence-corrected chi connectivity index (χ2v) is 17.4. The molecule has 4 aliphatic rings. The highest BCUT2D eigenvalue weighted by molar-refractivity contribution is 6.03. The molecule has 0 spiro atoms. The van der Waals surface area contributed by atoms with E-state index in [1.807, 2.05) is 88.4 Å². The van der Waals surface area contributed by atoms with Gasteiger partial charge in [0.15, 0.2) is 0 Å². The van der Waals surface area contributed by atoms with Gasteiger partial charge >= 0.3 is 17.9 Å². The molecular weight excluding hydrogens is 857 g/mol. The highest BCUT2D eigenvalue weighted by Crippen LogP contribution is 2.43. The van der Waals surface area contributed by atoms with E-state index in [-0.39, 0.29) is 35.4 Å². The van der Waals surface area contributed by atoms with Gasteiger partial charge in [-0.3, -0.25) is 14.6 Å². The molecule has 0 fully saturated rings. The van der Waals surface area contributed by atoms with E-state index in [9.17, 15) is 29.7 Å². The molecule has 2 atom stereocenters. The van der Waals surface area contributed by atoms with Gasteiger partial charge in [-0.2, -0.15) is 0 Å². The summed E-state index contributed by atoms with van der Waals surface area (Å²) in [6.45, 7) is 13.7. The van der Waals surface area contributed by atoms with Crippen LogP contribution in [0, 0.1) is 13.8 Å². The minimum Gasteiger partial charge on any atom is -0.481 e. The fraction of sp³-hybridized carbons (Fsp3) is 0.204. The third kappa shape index (κ3) is 8.83. The summed E-state index contributed by atoms with van der Waals surface area (Å²) in [4.78, 5) is 69.2. The number of aromatic nitrogens is 8. The number of aliphatic carboxylic acids is 2. The van der Waals surface area contributed by atoms with Crippen molar-refractivity contribution < 1.29 is 29.7 Å². The Labute approximate surface area is 390 Å². The third-order valence-electron chi connectivity index (χ3n) is 13.0. The van der Waals surface area contributed by atoms with Crippen LogP contribution in [0.2, 0.25) is 0 Å². The van der Waals surface area contributed by atoms with Gasteiger partial charge in [-0.05, 0) is 147 Å². The van der Waals surface area contributed by atoms with Crippen molar-refractivity contribution in [2.45, 2.75) is 72.1 Å². The number of carboxylic acid groups (broad SMARTS) is 3. The monoisotopic (exact) mass is 906 g/mol. The van der Waals surface area contributed by atoms with Gasteiger partial charge in [0.2, 0.25) is 0 Å². The van der Waals surface area contributed by atoms with Crippen LogP contribution in [0.3, 0.4) is 0 Å². The van der Waals surface area contributed by atoms with Crippen molar-refractivity contribution in [3.8, 4) is 0 Å². The van der Waals surface area contributed by atoms with Crippen molar-refractivity contribution in [2.24, 2.45) is 0 Å². The Balaban J connectivity index is 0.000000200. The fourth-order valence-electron chi connectivity index (χ4n) is 9.48. The maximum Gasteiger partial charge on any atom is 0.338 e. The summed E-state index contributed by atoms with van der Waals surface area (Å²) in [5, 5.41) is 29.9. The summed E-state index contributed by atoms with van der Waals surface area (Å²) in [5.41, 5.74) is 17.1. The van der Waals surface area contributed by atoms with Crippen molar-refractivity contribution in [1.29, 1.82) is 0 Å². The lowest BCUT2D eigenvalue weighted by molar-refractivity contribution is -0.138. The van der Waals surface area contributed by atoms with Crippen LogP contribution in [0.5, 0.6) is 0 Å². The molecule has 0 saturated carbocycles. The Morgan fingerprint density at radius 3 is 1.79 bits per heavy atom. The standard InChI is InChI=1S/C34H36N4O6.C20H14N4/c1-7-19-15(3)23-12-25-17(5)21(9-10-29(39)40)32(37-25)22(11-30(41)42)33-31(34(43)44)18(6)26(38-33)14-28-20(8-2)16(4)24(36-28)13-27(19)35-23;1-2-14-10-16-5-6-18(23-16)12-20-8-7-19(24-20)11-17-4-3-15(22-17)9-13(1)21-14/h7,12-14,17,21,36,38H,1,8-11H2,2-6H3,(H,39,40)(H,41,42)(H,43,44);1-12,21-22H/t17-,21-;/m0./s1. The number of nitrogens with one attached hydrogen (secondary N) is 4. The van der Waals surface area contributed by atoms with Crippen LogP contribution < -0.4 is 0 Å². The van der Waals surface area contributed by atoms with Crippen LogP contribution in [0.15, 0.2) is 79.4 Å². The minimum atomic E-state index is -1.20. The molecule has 6 aromatic rings. The van der Waals surface area contributed by atoms with Gasteiger partial charge in [0, 0.05) is 73.7 Å². The lowest BCUT2D eigenvalue weighted by atomic mass is 9.85. The Hall–Kier alpha value is -8.39. The quantitative estimate of drug-likeness (QED) is 0.0763. The maximum atomic E-state index is 12.7. The molecule has 4 aliphatic heterocycles. The van der Waals surface area contributed by atoms with E-state index < -0.39 is 30.2 Å². The number of carbonyl (C=O) groups is 3. The van der Waals surface area contributed by atoms with E-state index in [0.717, 1.165) is 90.3 Å². The number of rotatable bonds is 8. The number of fused-ring (bicyclic) bond motifs is 16. The van der Waals surface area contributed by atoms with Crippen molar-refractivity contribution >= 4 is 97.5 Å². The summed E-state index contributed by atoms with van der Waals surface area (Å²) in [6.07, 6.45) is 10.1. The first-order valence-electron chi connectivity index (χ1n) is 22.5. The zero-order chi connectivity index (χ0) is 48.0. The summed E-state index contributed by atoms with van der Waals surface area (Å²) in [7, 11) is 0. The molecule has 14 heteroatoms. The second-order valence-electron chi connectivity index (χ2n) is 17.4. The van der Waals surface area contributed by atoms with Crippen molar-refractivity contribution in [1.82, 2.24) is 39.9 Å². The molecule has 6 aromatic heterocycles. The number of aromatic carboxylic acids is 1. The van der Waals surface area contributed by atoms with Crippen LogP contribution in [-0.2, 0) is 22.4 Å². The summed E-state index contributed by atoms with van der Waals surface area (Å²) >= 11 is 0. The third-order valence-corrected chi connectivity index (χ3v) is 13.0. The number of hydrogen-bond acceptors (Lipinski definition) is 7. The van der Waals surface area contributed by atoms with Crippen LogP contribution in [-0.4, -0.2) is 73.1 Å². The van der Waals surface area contributed by atoms with Crippen LogP contribution in [0.4, 0.5) is 0 Å². The zero-order valence-corrected chi connectivity index (χ0v) is 38.3. The summed E-state index contributed by atoms with van der Waals surface area (Å²) < 4.78 is 0. The van der Waals surface area contributed by atoms with E-state index in [1.54, 1.807) is 13.0 Å². The molecule has 0 radical (unpaired) electrons. The van der Waals surface area contributed by atoms with Gasteiger partial charge in [0.05, 0.1) is 57.4 Å². The number of allylic oxidation sites excluding steroid dienone is 3. The van der Waals surface area contributed by atoms with Gasteiger partial charge in [-0.25, -0.2) is 19.7 Å². The van der Waals surface area contributed by atoms with E-state index in [4.69, 9.17) is 9.97 Å². The summed E-state index contributed by atoms with van der Waals surface area (Å²) in [6, 6.07) is 22.1. The normalized spacial score (nSPS) is 15.0. The molecule has 16 bridgehead atoms. The topological polar surface area (TPSA) is 227 Å². The average molecular weight is 907 g/mol. The predicted molar refractivity (Wildman–Crippen MR) is 268 cm³/mol. The highest BCUT2D eigenvalue weighted by atomic mass is 16.4. The molecular formula is C54H50N8O6.